The van der Waals surface area contributed by atoms with Crippen LogP contribution in [0, 0.1) is 17.0 Å². The third kappa shape index (κ3) is 2.89. The third-order valence-corrected chi connectivity index (χ3v) is 5.95. The highest BCUT2D eigenvalue weighted by Gasteiger charge is 2.36. The monoisotopic (exact) mass is 334 g/mol. The maximum atomic E-state index is 12.6. The fourth-order valence-electron chi connectivity index (χ4n) is 2.42. The predicted octanol–water partition coefficient (Wildman–Crippen LogP) is 1.70. The lowest BCUT2D eigenvalue weighted by molar-refractivity contribution is -0.385. The number of rotatable bonds is 4. The van der Waals surface area contributed by atoms with Crippen LogP contribution in [0.4, 0.5) is 5.69 Å². The van der Waals surface area contributed by atoms with Crippen LogP contribution in [-0.4, -0.2) is 41.9 Å². The summed E-state index contributed by atoms with van der Waals surface area (Å²) in [6.45, 7) is 1.47. The summed E-state index contributed by atoms with van der Waals surface area (Å²) in [7, 11) is -3.91. The van der Waals surface area contributed by atoms with Crippen molar-refractivity contribution in [2.45, 2.75) is 30.7 Å². The molecule has 9 heteroatoms. The largest absolute Gasteiger partial charge is 0.395 e. The van der Waals surface area contributed by atoms with E-state index in [1.165, 1.54) is 17.3 Å². The van der Waals surface area contributed by atoms with Crippen molar-refractivity contribution in [2.75, 3.05) is 13.2 Å². The number of nitro groups is 1. The van der Waals surface area contributed by atoms with Crippen LogP contribution in [0.2, 0.25) is 5.02 Å². The van der Waals surface area contributed by atoms with Crippen molar-refractivity contribution in [1.82, 2.24) is 4.31 Å². The second kappa shape index (κ2) is 5.88. The minimum absolute atomic E-state index is 0.0301. The number of aliphatic hydroxyl groups is 1. The Bertz CT molecular complexity index is 676. The van der Waals surface area contributed by atoms with Crippen molar-refractivity contribution in [1.29, 1.82) is 0 Å². The van der Waals surface area contributed by atoms with Gasteiger partial charge in [0, 0.05) is 24.2 Å². The van der Waals surface area contributed by atoms with Gasteiger partial charge in [-0.1, -0.05) is 11.6 Å². The van der Waals surface area contributed by atoms with Crippen LogP contribution in [0.1, 0.15) is 18.4 Å². The first-order chi connectivity index (χ1) is 9.78. The van der Waals surface area contributed by atoms with Gasteiger partial charge in [-0.25, -0.2) is 8.42 Å². The molecule has 0 unspecified atom stereocenters. The Morgan fingerprint density at radius 1 is 1.52 bits per heavy atom. The van der Waals surface area contributed by atoms with E-state index in [0.29, 0.717) is 12.8 Å². The molecule has 0 bridgehead atoms. The lowest BCUT2D eigenvalue weighted by Gasteiger charge is -2.22. The van der Waals surface area contributed by atoms with E-state index in [0.717, 1.165) is 6.07 Å². The molecule has 1 heterocycles. The second-order valence-electron chi connectivity index (χ2n) is 4.90. The molecular formula is C12H15ClN2O5S. The summed E-state index contributed by atoms with van der Waals surface area (Å²) in [4.78, 5) is 10.1. The average molecular weight is 335 g/mol. The molecule has 1 atom stereocenters. The van der Waals surface area contributed by atoms with Gasteiger partial charge in [0.2, 0.25) is 10.0 Å². The van der Waals surface area contributed by atoms with Gasteiger partial charge >= 0.3 is 0 Å². The first-order valence-corrected chi connectivity index (χ1v) is 8.18. The Labute approximate surface area is 127 Å². The summed E-state index contributed by atoms with van der Waals surface area (Å²) in [6.07, 6.45) is 1.21. The molecule has 1 fully saturated rings. The van der Waals surface area contributed by atoms with Crippen molar-refractivity contribution in [3.05, 3.63) is 32.8 Å². The zero-order chi connectivity index (χ0) is 15.8. The van der Waals surface area contributed by atoms with Crippen LogP contribution in [-0.2, 0) is 10.0 Å². The highest BCUT2D eigenvalue weighted by atomic mass is 35.5. The Hall–Kier alpha value is -1.22. The Kier molecular flexibility index (Phi) is 4.52. The smallest absolute Gasteiger partial charge is 0.275 e. The first-order valence-electron chi connectivity index (χ1n) is 6.36. The molecule has 0 aliphatic carbocycles. The van der Waals surface area contributed by atoms with Gasteiger partial charge < -0.3 is 5.11 Å². The van der Waals surface area contributed by atoms with Gasteiger partial charge in [-0.15, -0.1) is 0 Å². The molecule has 0 amide bonds. The summed E-state index contributed by atoms with van der Waals surface area (Å²) in [5.74, 6) is 0. The van der Waals surface area contributed by atoms with Crippen molar-refractivity contribution < 1.29 is 18.4 Å². The summed E-state index contributed by atoms with van der Waals surface area (Å²) in [6, 6.07) is 1.74. The van der Waals surface area contributed by atoms with E-state index in [4.69, 9.17) is 11.6 Å². The average Bonchev–Trinajstić information content (AvgIpc) is 2.90. The van der Waals surface area contributed by atoms with Crippen molar-refractivity contribution in [2.24, 2.45) is 0 Å². The van der Waals surface area contributed by atoms with Gasteiger partial charge in [-0.2, -0.15) is 4.31 Å². The van der Waals surface area contributed by atoms with E-state index in [-0.39, 0.29) is 34.3 Å². The van der Waals surface area contributed by atoms with E-state index in [2.05, 4.69) is 0 Å². The van der Waals surface area contributed by atoms with Gasteiger partial charge in [0.1, 0.15) is 0 Å². The highest BCUT2D eigenvalue weighted by molar-refractivity contribution is 7.89. The van der Waals surface area contributed by atoms with Crippen LogP contribution in [0.3, 0.4) is 0 Å². The molecule has 1 aromatic carbocycles. The quantitative estimate of drug-likeness (QED) is 0.667. The number of benzene rings is 1. The topological polar surface area (TPSA) is 101 Å². The molecule has 1 saturated heterocycles. The van der Waals surface area contributed by atoms with Crippen LogP contribution in [0.5, 0.6) is 0 Å². The summed E-state index contributed by atoms with van der Waals surface area (Å²) >= 11 is 5.91. The number of aliphatic hydroxyl groups excluding tert-OH is 1. The Balaban J connectivity index is 2.53. The zero-order valence-electron chi connectivity index (χ0n) is 11.3. The third-order valence-electron chi connectivity index (χ3n) is 3.63. The lowest BCUT2D eigenvalue weighted by Crippen LogP contribution is -2.37. The van der Waals surface area contributed by atoms with Gasteiger partial charge in [0.25, 0.3) is 5.69 Å². The number of nitro benzene ring substituents is 1. The zero-order valence-corrected chi connectivity index (χ0v) is 12.9. The van der Waals surface area contributed by atoms with Gasteiger partial charge in [-0.3, -0.25) is 10.1 Å². The normalized spacial score (nSPS) is 19.9. The SMILES string of the molecule is Cc1c(Cl)cc(S(=O)(=O)N2CCC[C@@H]2CO)cc1[N+](=O)[O-]. The maximum Gasteiger partial charge on any atom is 0.275 e. The molecular weight excluding hydrogens is 320 g/mol. The molecule has 2 rings (SSSR count). The molecule has 0 aromatic heterocycles. The maximum absolute atomic E-state index is 12.6. The number of sulfonamides is 1. The number of hydrogen-bond acceptors (Lipinski definition) is 5. The second-order valence-corrected chi connectivity index (χ2v) is 7.20. The molecule has 0 saturated carbocycles. The van der Waals surface area contributed by atoms with Crippen molar-refractivity contribution >= 4 is 27.3 Å². The van der Waals surface area contributed by atoms with Crippen LogP contribution >= 0.6 is 11.6 Å². The summed E-state index contributed by atoms with van der Waals surface area (Å²) in [5.41, 5.74) is -0.110. The Morgan fingerprint density at radius 2 is 2.19 bits per heavy atom. The van der Waals surface area contributed by atoms with Crippen LogP contribution in [0.25, 0.3) is 0 Å². The molecule has 21 heavy (non-hydrogen) atoms. The first kappa shape index (κ1) is 16.2. The summed E-state index contributed by atoms with van der Waals surface area (Å²) in [5, 5.41) is 20.3. The van der Waals surface area contributed by atoms with E-state index in [9.17, 15) is 23.6 Å². The minimum Gasteiger partial charge on any atom is -0.395 e. The van der Waals surface area contributed by atoms with Crippen LogP contribution in [0.15, 0.2) is 17.0 Å². The summed E-state index contributed by atoms with van der Waals surface area (Å²) < 4.78 is 26.3. The van der Waals surface area contributed by atoms with Crippen molar-refractivity contribution in [3.8, 4) is 0 Å². The predicted molar refractivity (Wildman–Crippen MR) is 76.8 cm³/mol. The molecule has 1 aliphatic rings. The minimum atomic E-state index is -3.91. The number of nitrogens with zero attached hydrogens (tertiary/aromatic N) is 2. The van der Waals surface area contributed by atoms with E-state index in [1.54, 1.807) is 0 Å². The standard InChI is InChI=1S/C12H15ClN2O5S/c1-8-11(13)5-10(6-12(8)15(17)18)21(19,20)14-4-2-3-9(14)7-16/h5-6,9,16H,2-4,7H2,1H3/t9-/m1/s1. The highest BCUT2D eigenvalue weighted by Crippen LogP contribution is 2.33. The number of hydrogen-bond donors (Lipinski definition) is 1. The van der Waals surface area contributed by atoms with Gasteiger partial charge in [-0.05, 0) is 25.8 Å². The van der Waals surface area contributed by atoms with Crippen molar-refractivity contribution in [3.63, 3.8) is 0 Å². The molecule has 1 aromatic rings. The number of halogens is 1. The fourth-order valence-corrected chi connectivity index (χ4v) is 4.43. The van der Waals surface area contributed by atoms with Gasteiger partial charge in [0.15, 0.2) is 0 Å². The van der Waals surface area contributed by atoms with E-state index >= 15 is 0 Å². The lowest BCUT2D eigenvalue weighted by atomic mass is 10.2. The van der Waals surface area contributed by atoms with E-state index in [1.807, 2.05) is 0 Å². The molecule has 116 valence electrons. The molecule has 7 nitrogen and oxygen atoms in total. The molecule has 0 radical (unpaired) electrons. The van der Waals surface area contributed by atoms with Crippen LogP contribution < -0.4 is 0 Å². The molecule has 0 spiro atoms. The van der Waals surface area contributed by atoms with Gasteiger partial charge in [0.05, 0.1) is 21.4 Å². The Morgan fingerprint density at radius 3 is 2.76 bits per heavy atom. The molecule has 1 aliphatic heterocycles. The fraction of sp³-hybridized carbons (Fsp3) is 0.500. The van der Waals surface area contributed by atoms with E-state index < -0.39 is 21.0 Å². The molecule has 1 N–H and O–H groups in total.